The number of aromatic nitrogens is 1. The molecule has 3 aromatic heterocycles. The predicted octanol–water partition coefficient (Wildman–Crippen LogP) is 8.38. The third-order valence-electron chi connectivity index (χ3n) is 6.39. The van der Waals surface area contributed by atoms with Crippen LogP contribution in [-0.4, -0.2) is 30.4 Å². The fourth-order valence-corrected chi connectivity index (χ4v) is 6.69. The van der Waals surface area contributed by atoms with Crippen LogP contribution in [0.4, 0.5) is 0 Å². The van der Waals surface area contributed by atoms with Crippen LogP contribution in [0.2, 0.25) is 0 Å². The summed E-state index contributed by atoms with van der Waals surface area (Å²) in [7, 11) is 0. The van der Waals surface area contributed by atoms with Crippen molar-refractivity contribution >= 4 is 72.4 Å². The molecule has 0 spiro atoms. The average molecular weight is 748 g/mol. The number of aliphatic hydroxyl groups excluding tert-OH is 1. The van der Waals surface area contributed by atoms with E-state index in [-0.39, 0.29) is 51.6 Å². The summed E-state index contributed by atoms with van der Waals surface area (Å²) in [4.78, 5) is 16.3. The molecule has 1 radical (unpaired) electrons. The number of allylic oxidation sites excluding steroid dienone is 2. The summed E-state index contributed by atoms with van der Waals surface area (Å²) in [6.07, 6.45) is 3.31. The molecule has 0 aliphatic rings. The Hall–Kier alpha value is -2.75. The van der Waals surface area contributed by atoms with Gasteiger partial charge in [-0.25, -0.2) is 0 Å². The normalized spacial score (nSPS) is 12.6. The van der Waals surface area contributed by atoms with Crippen molar-refractivity contribution in [3.05, 3.63) is 78.7 Å². The van der Waals surface area contributed by atoms with E-state index in [1.807, 2.05) is 59.9 Å². The molecular weight excluding hydrogens is 718 g/mol. The number of hydrogen-bond acceptors (Lipinski definition) is 4. The molecule has 3 aromatic carbocycles. The van der Waals surface area contributed by atoms with Gasteiger partial charge in [-0.3, -0.25) is 4.79 Å². The van der Waals surface area contributed by atoms with Gasteiger partial charge in [-0.2, -0.15) is 0 Å². The van der Waals surface area contributed by atoms with Crippen molar-refractivity contribution in [1.29, 1.82) is 0 Å². The summed E-state index contributed by atoms with van der Waals surface area (Å²) in [6, 6.07) is 22.3. The molecule has 0 aliphatic heterocycles. The predicted molar refractivity (Wildman–Crippen MR) is 154 cm³/mol. The fourth-order valence-electron chi connectivity index (χ4n) is 4.13. The van der Waals surface area contributed by atoms with E-state index in [9.17, 15) is 9.90 Å². The van der Waals surface area contributed by atoms with Gasteiger partial charge in [0.1, 0.15) is 5.76 Å². The molecule has 6 aromatic rings. The number of nitrogens with zero attached hydrogens (tertiary/aromatic N) is 1. The molecule has 0 aliphatic carbocycles. The van der Waals surface area contributed by atoms with Crippen LogP contribution in [0, 0.1) is 16.9 Å². The van der Waals surface area contributed by atoms with Crippen LogP contribution in [0.15, 0.2) is 77.0 Å². The van der Waals surface area contributed by atoms with Gasteiger partial charge in [-0.15, -0.1) is 0 Å². The first-order valence-corrected chi connectivity index (χ1v) is 14.0. The molecular formula is C32H30IrNO3Se-. The Kier molecular flexibility index (Phi) is 7.76. The number of pyridine rings is 1. The first-order chi connectivity index (χ1) is 17.4. The van der Waals surface area contributed by atoms with Gasteiger partial charge in [0.25, 0.3) is 0 Å². The van der Waals surface area contributed by atoms with Gasteiger partial charge >= 0.3 is 143 Å². The van der Waals surface area contributed by atoms with Crippen molar-refractivity contribution in [2.75, 3.05) is 0 Å². The first kappa shape index (κ1) is 28.3. The summed E-state index contributed by atoms with van der Waals surface area (Å²) in [5, 5.41) is 15.5. The zero-order valence-corrected chi connectivity index (χ0v) is 26.4. The van der Waals surface area contributed by atoms with Gasteiger partial charge in [0, 0.05) is 37.0 Å². The Morgan fingerprint density at radius 2 is 1.66 bits per heavy atom. The standard InChI is InChI=1S/C21H10NOSe.C11H20O2.Ir/c1-2-6-13-12(5-1)11-22-20-14-7-3-8-15-18(14)19-16(23-15)9-4-10-17(19)24-21(13)20;1-10(2,3)8(12)7-9(13)11(4,5)6;/h1-6,8-11H;7,12H,1-6H3;/q-1;;/b;8-7-;. The second-order valence-electron chi connectivity index (χ2n) is 11.3. The molecule has 3 heterocycles. The van der Waals surface area contributed by atoms with E-state index < -0.39 is 5.41 Å². The SMILES string of the molecule is CC(C)(C)C(=O)/C=C(\O)C(C)(C)C.[Ir].[c-]1ccc2oc3cccc4[se]c5c6ccccc6cnc5c1c2c34. The zero-order valence-electron chi connectivity index (χ0n) is 22.3. The second-order valence-corrected chi connectivity index (χ2v) is 13.5. The number of rotatable bonds is 1. The van der Waals surface area contributed by atoms with E-state index in [2.05, 4.69) is 48.5 Å². The maximum atomic E-state index is 11.5. The fraction of sp³-hybridized carbons (Fsp3) is 0.250. The van der Waals surface area contributed by atoms with E-state index in [1.54, 1.807) is 0 Å². The van der Waals surface area contributed by atoms with Gasteiger partial charge in [0.05, 0.1) is 0 Å². The number of benzene rings is 3. The van der Waals surface area contributed by atoms with E-state index >= 15 is 0 Å². The third-order valence-corrected chi connectivity index (χ3v) is 8.86. The first-order valence-electron chi connectivity index (χ1n) is 12.3. The third kappa shape index (κ3) is 5.24. The van der Waals surface area contributed by atoms with Crippen LogP contribution < -0.4 is 0 Å². The van der Waals surface area contributed by atoms with Gasteiger partial charge in [0.15, 0.2) is 5.78 Å². The van der Waals surface area contributed by atoms with Crippen molar-refractivity contribution in [1.82, 2.24) is 4.98 Å². The van der Waals surface area contributed by atoms with Crippen LogP contribution in [0.5, 0.6) is 0 Å². The molecule has 0 fully saturated rings. The van der Waals surface area contributed by atoms with Crippen molar-refractivity contribution < 1.29 is 34.4 Å². The van der Waals surface area contributed by atoms with Gasteiger partial charge < -0.3 is 5.11 Å². The minimum atomic E-state index is -0.417. The number of carbonyl (C=O) groups excluding carboxylic acids is 1. The van der Waals surface area contributed by atoms with Crippen molar-refractivity contribution in [2.24, 2.45) is 10.8 Å². The molecule has 38 heavy (non-hydrogen) atoms. The van der Waals surface area contributed by atoms with Crippen LogP contribution in [-0.2, 0) is 24.9 Å². The minimum absolute atomic E-state index is 0. The molecule has 0 saturated heterocycles. The second kappa shape index (κ2) is 10.4. The Labute approximate surface area is 241 Å². The molecule has 0 bridgehead atoms. The monoisotopic (exact) mass is 749 g/mol. The number of carbonyl (C=O) groups is 1. The maximum absolute atomic E-state index is 11.5. The molecule has 1 N–H and O–H groups in total. The van der Waals surface area contributed by atoms with E-state index in [0.717, 1.165) is 27.5 Å². The summed E-state index contributed by atoms with van der Waals surface area (Å²) in [5.41, 5.74) is 2.17. The van der Waals surface area contributed by atoms with E-state index in [0.29, 0.717) is 0 Å². The average Bonchev–Trinajstić information content (AvgIpc) is 3.15. The molecule has 0 saturated carbocycles. The summed E-state index contributed by atoms with van der Waals surface area (Å²) in [5.74, 6) is 0.104. The molecule has 6 rings (SSSR count). The molecule has 0 atom stereocenters. The summed E-state index contributed by atoms with van der Waals surface area (Å²) >= 11 is 0.173. The van der Waals surface area contributed by atoms with Crippen LogP contribution >= 0.6 is 0 Å². The summed E-state index contributed by atoms with van der Waals surface area (Å²) in [6.45, 7) is 11.1. The van der Waals surface area contributed by atoms with E-state index in [4.69, 9.17) is 9.40 Å². The molecule has 197 valence electrons. The zero-order chi connectivity index (χ0) is 26.5. The molecule has 0 unspecified atom stereocenters. The van der Waals surface area contributed by atoms with Crippen LogP contribution in [0.3, 0.4) is 0 Å². The molecule has 4 nitrogen and oxygen atoms in total. The number of ketones is 1. The van der Waals surface area contributed by atoms with Crippen molar-refractivity contribution in [2.45, 2.75) is 41.5 Å². The number of furan rings is 1. The Morgan fingerprint density at radius 1 is 0.947 bits per heavy atom. The van der Waals surface area contributed by atoms with Crippen molar-refractivity contribution in [3.8, 4) is 0 Å². The van der Waals surface area contributed by atoms with Crippen LogP contribution in [0.1, 0.15) is 41.5 Å². The van der Waals surface area contributed by atoms with E-state index in [1.165, 1.54) is 30.8 Å². The topological polar surface area (TPSA) is 63.3 Å². The number of aliphatic hydroxyl groups is 1. The van der Waals surface area contributed by atoms with Gasteiger partial charge in [-0.05, 0) is 0 Å². The van der Waals surface area contributed by atoms with Crippen LogP contribution in [0.25, 0.3) is 52.1 Å². The Morgan fingerprint density at radius 3 is 2.37 bits per heavy atom. The Balaban J connectivity index is 0.000000209. The Bertz CT molecular complexity index is 1830. The quantitative estimate of drug-likeness (QED) is 0.0795. The number of hydrogen-bond donors (Lipinski definition) is 1. The number of fused-ring (bicyclic) bond motifs is 4. The van der Waals surface area contributed by atoms with Crippen molar-refractivity contribution in [3.63, 3.8) is 0 Å². The molecule has 6 heteroatoms. The molecule has 0 amide bonds. The van der Waals surface area contributed by atoms with Gasteiger partial charge in [-0.1, -0.05) is 41.5 Å². The van der Waals surface area contributed by atoms with Gasteiger partial charge in [0.2, 0.25) is 0 Å². The summed E-state index contributed by atoms with van der Waals surface area (Å²) < 4.78 is 8.77.